The van der Waals surface area contributed by atoms with E-state index >= 15 is 0 Å². The second-order valence-electron chi connectivity index (χ2n) is 6.09. The van der Waals surface area contributed by atoms with Crippen LogP contribution in [0.3, 0.4) is 0 Å². The molecule has 2 rings (SSSR count). The predicted octanol–water partition coefficient (Wildman–Crippen LogP) is 2.86. The van der Waals surface area contributed by atoms with Crippen LogP contribution in [0.5, 0.6) is 0 Å². The highest BCUT2D eigenvalue weighted by Crippen LogP contribution is 2.28. The largest absolute Gasteiger partial charge is 0.312 e. The molecule has 0 spiro atoms. The van der Waals surface area contributed by atoms with E-state index in [9.17, 15) is 4.79 Å². The number of aryl methyl sites for hydroxylation is 1. The van der Waals surface area contributed by atoms with Crippen LogP contribution in [0.15, 0.2) is 23.3 Å². The molecule has 0 aliphatic rings. The monoisotopic (exact) mass is 325 g/mol. The van der Waals surface area contributed by atoms with Gasteiger partial charge in [0.25, 0.3) is 5.56 Å². The highest BCUT2D eigenvalue weighted by molar-refractivity contribution is 9.09. The molecular weight excluding hydrogens is 306 g/mol. The molecule has 2 heterocycles. The molecule has 0 amide bonds. The number of hydrogen-bond donors (Lipinski definition) is 0. The van der Waals surface area contributed by atoms with E-state index in [1.807, 2.05) is 25.4 Å². The summed E-state index contributed by atoms with van der Waals surface area (Å²) in [6.07, 6.45) is 3.67. The average molecular weight is 326 g/mol. The Balaban J connectivity index is 2.41. The summed E-state index contributed by atoms with van der Waals surface area (Å²) < 4.78 is 3.43. The number of alkyl halides is 1. The molecule has 0 bridgehead atoms. The third-order valence-electron chi connectivity index (χ3n) is 3.55. The fraction of sp³-hybridized carbons (Fsp3) is 0.571. The van der Waals surface area contributed by atoms with Crippen molar-refractivity contribution in [3.8, 4) is 0 Å². The van der Waals surface area contributed by atoms with Crippen LogP contribution in [0.25, 0.3) is 5.52 Å². The van der Waals surface area contributed by atoms with Crippen molar-refractivity contribution in [1.29, 1.82) is 0 Å². The van der Waals surface area contributed by atoms with E-state index < -0.39 is 0 Å². The quantitative estimate of drug-likeness (QED) is 0.814. The van der Waals surface area contributed by atoms with Gasteiger partial charge in [0.05, 0.1) is 5.69 Å². The molecule has 0 N–H and O–H groups in total. The summed E-state index contributed by atoms with van der Waals surface area (Å²) in [5, 5.41) is 5.14. The van der Waals surface area contributed by atoms with Crippen LogP contribution in [-0.4, -0.2) is 19.5 Å². The van der Waals surface area contributed by atoms with E-state index in [0.717, 1.165) is 11.0 Å². The van der Waals surface area contributed by atoms with Gasteiger partial charge in [0.2, 0.25) is 0 Å². The first kappa shape index (κ1) is 14.3. The lowest BCUT2D eigenvalue weighted by Crippen LogP contribution is -2.31. The molecule has 104 valence electrons. The van der Waals surface area contributed by atoms with Crippen molar-refractivity contribution in [3.63, 3.8) is 0 Å². The van der Waals surface area contributed by atoms with Crippen LogP contribution in [0, 0.1) is 18.3 Å². The molecule has 0 aromatic carbocycles. The third-order valence-corrected chi connectivity index (χ3v) is 4.34. The fourth-order valence-corrected chi connectivity index (χ4v) is 3.26. The normalized spacial score (nSPS) is 13.9. The summed E-state index contributed by atoms with van der Waals surface area (Å²) >= 11 is 3.55. The summed E-state index contributed by atoms with van der Waals surface area (Å²) in [5.74, 6) is 0.400. The summed E-state index contributed by atoms with van der Waals surface area (Å²) in [6.45, 7) is 9.21. The Morgan fingerprint density at radius 3 is 2.63 bits per heavy atom. The minimum absolute atomic E-state index is 0.0262. The van der Waals surface area contributed by atoms with Crippen molar-refractivity contribution < 1.29 is 0 Å². The molecule has 0 radical (unpaired) electrons. The first-order valence-electron chi connectivity index (χ1n) is 6.44. The van der Waals surface area contributed by atoms with Crippen molar-refractivity contribution in [2.45, 2.75) is 34.2 Å². The van der Waals surface area contributed by atoms with Crippen molar-refractivity contribution in [2.75, 3.05) is 5.33 Å². The van der Waals surface area contributed by atoms with Crippen LogP contribution in [0.1, 0.15) is 26.5 Å². The van der Waals surface area contributed by atoms with E-state index in [1.165, 1.54) is 0 Å². The smallest absolute Gasteiger partial charge is 0.276 e. The fourth-order valence-electron chi connectivity index (χ4n) is 2.08. The highest BCUT2D eigenvalue weighted by atomic mass is 79.9. The third kappa shape index (κ3) is 2.91. The molecule has 0 aliphatic carbocycles. The van der Waals surface area contributed by atoms with Gasteiger partial charge in [0, 0.05) is 24.3 Å². The van der Waals surface area contributed by atoms with Gasteiger partial charge in [-0.3, -0.25) is 4.79 Å². The van der Waals surface area contributed by atoms with E-state index in [2.05, 4.69) is 41.8 Å². The van der Waals surface area contributed by atoms with Crippen molar-refractivity contribution in [3.05, 3.63) is 34.5 Å². The Bertz CT molecular complexity index is 636. The van der Waals surface area contributed by atoms with Crippen molar-refractivity contribution >= 4 is 21.4 Å². The number of aromatic nitrogens is 3. The lowest BCUT2D eigenvalue weighted by Gasteiger charge is -2.29. The van der Waals surface area contributed by atoms with Gasteiger partial charge in [-0.25, -0.2) is 4.52 Å². The van der Waals surface area contributed by atoms with Crippen LogP contribution in [0.4, 0.5) is 0 Å². The topological polar surface area (TPSA) is 39.3 Å². The van der Waals surface area contributed by atoms with Crippen LogP contribution in [0.2, 0.25) is 0 Å². The molecule has 0 saturated carbocycles. The molecule has 0 saturated heterocycles. The van der Waals surface area contributed by atoms with Crippen LogP contribution >= 0.6 is 15.9 Å². The van der Waals surface area contributed by atoms with Crippen LogP contribution in [-0.2, 0) is 6.54 Å². The first-order valence-corrected chi connectivity index (χ1v) is 7.56. The van der Waals surface area contributed by atoms with Gasteiger partial charge in [0.15, 0.2) is 0 Å². The predicted molar refractivity (Wildman–Crippen MR) is 80.9 cm³/mol. The molecular formula is C14H20BrN3O. The standard InChI is InChI=1S/C14H20BrN3O/c1-10-7-12-13(19)17(5-6-18(12)16-10)9-11(8-15)14(2,3)4/h5-7,11H,8-9H2,1-4H3. The summed E-state index contributed by atoms with van der Waals surface area (Å²) in [5.41, 5.74) is 1.69. The van der Waals surface area contributed by atoms with E-state index in [0.29, 0.717) is 18.0 Å². The minimum Gasteiger partial charge on any atom is -0.312 e. The van der Waals surface area contributed by atoms with Gasteiger partial charge in [-0.05, 0) is 24.3 Å². The molecule has 2 aromatic rings. The van der Waals surface area contributed by atoms with E-state index in [1.54, 1.807) is 9.08 Å². The molecule has 0 fully saturated rings. The van der Waals surface area contributed by atoms with E-state index in [4.69, 9.17) is 0 Å². The van der Waals surface area contributed by atoms with Gasteiger partial charge in [-0.2, -0.15) is 5.10 Å². The number of hydrogen-bond acceptors (Lipinski definition) is 2. The molecule has 1 atom stereocenters. The molecule has 19 heavy (non-hydrogen) atoms. The van der Waals surface area contributed by atoms with Crippen molar-refractivity contribution in [1.82, 2.24) is 14.2 Å². The second-order valence-corrected chi connectivity index (χ2v) is 6.74. The van der Waals surface area contributed by atoms with Gasteiger partial charge < -0.3 is 4.57 Å². The number of fused-ring (bicyclic) bond motifs is 1. The molecule has 1 unspecified atom stereocenters. The first-order chi connectivity index (χ1) is 8.82. The van der Waals surface area contributed by atoms with E-state index in [-0.39, 0.29) is 11.0 Å². The summed E-state index contributed by atoms with van der Waals surface area (Å²) in [6, 6.07) is 1.83. The summed E-state index contributed by atoms with van der Waals surface area (Å²) in [4.78, 5) is 12.4. The maximum absolute atomic E-state index is 12.4. The molecule has 4 nitrogen and oxygen atoms in total. The number of rotatable bonds is 3. The zero-order chi connectivity index (χ0) is 14.2. The van der Waals surface area contributed by atoms with Crippen LogP contribution < -0.4 is 5.56 Å². The molecule has 5 heteroatoms. The summed E-state index contributed by atoms with van der Waals surface area (Å²) in [7, 11) is 0. The van der Waals surface area contributed by atoms with Crippen molar-refractivity contribution in [2.24, 2.45) is 11.3 Å². The zero-order valence-corrected chi connectivity index (χ0v) is 13.4. The SMILES string of the molecule is Cc1cc2c(=O)n(CC(CBr)C(C)(C)C)ccn2n1. The number of halogens is 1. The Morgan fingerprint density at radius 1 is 1.37 bits per heavy atom. The zero-order valence-electron chi connectivity index (χ0n) is 11.9. The van der Waals surface area contributed by atoms with Gasteiger partial charge in [-0.15, -0.1) is 0 Å². The lowest BCUT2D eigenvalue weighted by molar-refractivity contribution is 0.237. The second kappa shape index (κ2) is 5.12. The lowest BCUT2D eigenvalue weighted by atomic mass is 9.82. The Hall–Kier alpha value is -1.10. The Morgan fingerprint density at radius 2 is 2.05 bits per heavy atom. The van der Waals surface area contributed by atoms with Gasteiger partial charge >= 0.3 is 0 Å². The Kier molecular flexibility index (Phi) is 3.85. The maximum atomic E-state index is 12.4. The average Bonchev–Trinajstić information content (AvgIpc) is 2.68. The van der Waals surface area contributed by atoms with Gasteiger partial charge in [0.1, 0.15) is 5.52 Å². The highest BCUT2D eigenvalue weighted by Gasteiger charge is 2.24. The molecule has 2 aromatic heterocycles. The number of nitrogens with zero attached hydrogens (tertiary/aromatic N) is 3. The maximum Gasteiger partial charge on any atom is 0.276 e. The molecule has 0 aliphatic heterocycles. The van der Waals surface area contributed by atoms with Gasteiger partial charge in [-0.1, -0.05) is 36.7 Å². The Labute approximate surface area is 121 Å². The minimum atomic E-state index is 0.0262.